The third-order valence-electron chi connectivity index (χ3n) is 10.8. The molecule has 0 radical (unpaired) electrons. The first-order valence-corrected chi connectivity index (χ1v) is 12.6. The van der Waals surface area contributed by atoms with E-state index in [1.54, 1.807) is 0 Å². The Morgan fingerprint density at radius 1 is 1.00 bits per heavy atom. The highest BCUT2D eigenvalue weighted by molar-refractivity contribution is 6.04. The first-order chi connectivity index (χ1) is 14.2. The summed E-state index contributed by atoms with van der Waals surface area (Å²) in [5.41, 5.74) is 0.885. The Hall–Kier alpha value is -1.12. The van der Waals surface area contributed by atoms with Gasteiger partial charge in [-0.3, -0.25) is 9.59 Å². The highest BCUT2D eigenvalue weighted by atomic mass is 16.4. The van der Waals surface area contributed by atoms with Gasteiger partial charge in [0.05, 0.1) is 0 Å². The van der Waals surface area contributed by atoms with Crippen LogP contribution in [-0.4, -0.2) is 16.9 Å². The standard InChI is InChI=1S/C27H42O3/c1-5-24(28)20(25(29)30)16-17(2)21-11-12-22-19-10-9-18-8-6-7-14-26(18,3)23(19)13-15-27(21,22)4/h5,17-23H,1,6-16H2,2-4H3,(H,29,30)/t17-,18?,19+,20?,21-,22+,23+,26+,27-/m1/s1. The van der Waals surface area contributed by atoms with Crippen LogP contribution in [-0.2, 0) is 9.59 Å². The summed E-state index contributed by atoms with van der Waals surface area (Å²) >= 11 is 0. The average Bonchev–Trinajstić information content (AvgIpc) is 3.08. The maximum atomic E-state index is 12.1. The molecule has 3 nitrogen and oxygen atoms in total. The van der Waals surface area contributed by atoms with Gasteiger partial charge in [0, 0.05) is 0 Å². The summed E-state index contributed by atoms with van der Waals surface area (Å²) in [5, 5.41) is 9.59. The smallest absolute Gasteiger partial charge is 0.314 e. The van der Waals surface area contributed by atoms with Gasteiger partial charge in [0.2, 0.25) is 0 Å². The molecule has 4 aliphatic carbocycles. The van der Waals surface area contributed by atoms with Crippen molar-refractivity contribution in [1.82, 2.24) is 0 Å². The second-order valence-electron chi connectivity index (χ2n) is 11.8. The number of allylic oxidation sites excluding steroid dienone is 1. The monoisotopic (exact) mass is 414 g/mol. The second kappa shape index (κ2) is 8.10. The van der Waals surface area contributed by atoms with Crippen LogP contribution in [0, 0.1) is 52.3 Å². The number of fused-ring (bicyclic) bond motifs is 5. The summed E-state index contributed by atoms with van der Waals surface area (Å²) in [7, 11) is 0. The highest BCUT2D eigenvalue weighted by Gasteiger charge is 2.60. The molecular formula is C27H42O3. The number of carboxylic acid groups (broad SMARTS) is 1. The summed E-state index contributed by atoms with van der Waals surface area (Å²) in [6, 6.07) is 0. The van der Waals surface area contributed by atoms with Gasteiger partial charge in [-0.25, -0.2) is 0 Å². The molecule has 0 aromatic carbocycles. The molecule has 4 rings (SSSR count). The molecule has 168 valence electrons. The van der Waals surface area contributed by atoms with Crippen LogP contribution < -0.4 is 0 Å². The molecule has 4 aliphatic rings. The van der Waals surface area contributed by atoms with Crippen LogP contribution in [0.3, 0.4) is 0 Å². The lowest BCUT2D eigenvalue weighted by atomic mass is 9.44. The molecule has 4 saturated carbocycles. The molecule has 9 atom stereocenters. The third-order valence-corrected chi connectivity index (χ3v) is 10.8. The van der Waals surface area contributed by atoms with Crippen molar-refractivity contribution in [1.29, 1.82) is 0 Å². The number of carboxylic acids is 1. The zero-order valence-electron chi connectivity index (χ0n) is 19.4. The van der Waals surface area contributed by atoms with E-state index >= 15 is 0 Å². The largest absolute Gasteiger partial charge is 0.481 e. The molecule has 0 heterocycles. The van der Waals surface area contributed by atoms with E-state index in [2.05, 4.69) is 27.4 Å². The van der Waals surface area contributed by atoms with E-state index in [1.807, 2.05) is 0 Å². The molecule has 3 heteroatoms. The fourth-order valence-corrected chi connectivity index (χ4v) is 9.29. The van der Waals surface area contributed by atoms with Crippen LogP contribution in [0.2, 0.25) is 0 Å². The van der Waals surface area contributed by atoms with Crippen LogP contribution in [0.15, 0.2) is 12.7 Å². The lowest BCUT2D eigenvalue weighted by Gasteiger charge is -2.61. The zero-order chi connectivity index (χ0) is 21.7. The Morgan fingerprint density at radius 2 is 1.73 bits per heavy atom. The molecular weight excluding hydrogens is 372 g/mol. The number of ketones is 1. The maximum Gasteiger partial charge on any atom is 0.314 e. The second-order valence-corrected chi connectivity index (χ2v) is 11.8. The van der Waals surface area contributed by atoms with Gasteiger partial charge in [-0.05, 0) is 110 Å². The maximum absolute atomic E-state index is 12.1. The Labute approximate surface area is 183 Å². The van der Waals surface area contributed by atoms with Gasteiger partial charge in [-0.2, -0.15) is 0 Å². The number of aliphatic carboxylic acids is 1. The number of carbonyl (C=O) groups excluding carboxylic acids is 1. The fraction of sp³-hybridized carbons (Fsp3) is 0.852. The topological polar surface area (TPSA) is 54.4 Å². The van der Waals surface area contributed by atoms with E-state index in [0.29, 0.717) is 23.2 Å². The summed E-state index contributed by atoms with van der Waals surface area (Å²) < 4.78 is 0. The van der Waals surface area contributed by atoms with Crippen LogP contribution in [0.25, 0.3) is 0 Å². The minimum atomic E-state index is -0.987. The van der Waals surface area contributed by atoms with Crippen molar-refractivity contribution in [3.8, 4) is 0 Å². The molecule has 4 fully saturated rings. The van der Waals surface area contributed by atoms with E-state index in [9.17, 15) is 14.7 Å². The highest BCUT2D eigenvalue weighted by Crippen LogP contribution is 2.68. The van der Waals surface area contributed by atoms with Crippen molar-refractivity contribution in [2.24, 2.45) is 52.3 Å². The van der Waals surface area contributed by atoms with Gasteiger partial charge < -0.3 is 5.11 Å². The summed E-state index contributed by atoms with van der Waals surface area (Å²) in [4.78, 5) is 23.8. The predicted molar refractivity (Wildman–Crippen MR) is 120 cm³/mol. The number of hydrogen-bond donors (Lipinski definition) is 1. The van der Waals surface area contributed by atoms with Crippen molar-refractivity contribution in [3.63, 3.8) is 0 Å². The summed E-state index contributed by atoms with van der Waals surface area (Å²) in [6.45, 7) is 10.9. The quantitative estimate of drug-likeness (QED) is 0.398. The van der Waals surface area contributed by atoms with E-state index < -0.39 is 11.9 Å². The Bertz CT molecular complexity index is 698. The Balaban J connectivity index is 1.51. The predicted octanol–water partition coefficient (Wildman–Crippen LogP) is 6.52. The van der Waals surface area contributed by atoms with Crippen molar-refractivity contribution in [3.05, 3.63) is 12.7 Å². The molecule has 2 unspecified atom stereocenters. The first-order valence-electron chi connectivity index (χ1n) is 12.6. The van der Waals surface area contributed by atoms with Crippen LogP contribution in [0.4, 0.5) is 0 Å². The van der Waals surface area contributed by atoms with Gasteiger partial charge in [-0.15, -0.1) is 0 Å². The van der Waals surface area contributed by atoms with Gasteiger partial charge in [0.1, 0.15) is 5.92 Å². The molecule has 0 aromatic rings. The molecule has 1 N–H and O–H groups in total. The molecule has 0 aliphatic heterocycles. The Kier molecular flexibility index (Phi) is 5.96. The number of carbonyl (C=O) groups is 2. The third kappa shape index (κ3) is 3.39. The van der Waals surface area contributed by atoms with E-state index in [4.69, 9.17) is 0 Å². The van der Waals surface area contributed by atoms with Crippen molar-refractivity contribution in [2.45, 2.75) is 91.4 Å². The number of rotatable bonds is 6. The normalized spacial score (nSPS) is 44.8. The van der Waals surface area contributed by atoms with Gasteiger partial charge in [0.15, 0.2) is 5.78 Å². The van der Waals surface area contributed by atoms with Gasteiger partial charge in [-0.1, -0.05) is 40.2 Å². The Morgan fingerprint density at radius 3 is 2.43 bits per heavy atom. The molecule has 0 spiro atoms. The summed E-state index contributed by atoms with van der Waals surface area (Å²) in [6.07, 6.45) is 15.4. The molecule has 0 bridgehead atoms. The molecule has 0 saturated heterocycles. The van der Waals surface area contributed by atoms with Gasteiger partial charge in [0.25, 0.3) is 0 Å². The molecule has 0 aromatic heterocycles. The minimum absolute atomic E-state index is 0.267. The average molecular weight is 415 g/mol. The number of hydrogen-bond acceptors (Lipinski definition) is 2. The van der Waals surface area contributed by atoms with Crippen molar-refractivity contribution >= 4 is 11.8 Å². The first kappa shape index (κ1) is 22.1. The van der Waals surface area contributed by atoms with Crippen LogP contribution in [0.1, 0.15) is 91.4 Å². The van der Waals surface area contributed by atoms with E-state index in [0.717, 1.165) is 23.7 Å². The fourth-order valence-electron chi connectivity index (χ4n) is 9.29. The van der Waals surface area contributed by atoms with Crippen molar-refractivity contribution in [2.75, 3.05) is 0 Å². The zero-order valence-corrected chi connectivity index (χ0v) is 19.4. The van der Waals surface area contributed by atoms with Gasteiger partial charge >= 0.3 is 5.97 Å². The summed E-state index contributed by atoms with van der Waals surface area (Å²) in [5.74, 6) is 2.08. The lowest BCUT2D eigenvalue weighted by molar-refractivity contribution is -0.146. The molecule has 30 heavy (non-hydrogen) atoms. The van der Waals surface area contributed by atoms with E-state index in [-0.39, 0.29) is 11.7 Å². The van der Waals surface area contributed by atoms with Crippen molar-refractivity contribution < 1.29 is 14.7 Å². The lowest BCUT2D eigenvalue weighted by Crippen LogP contribution is -2.53. The minimum Gasteiger partial charge on any atom is -0.481 e. The van der Waals surface area contributed by atoms with E-state index in [1.165, 1.54) is 70.3 Å². The van der Waals surface area contributed by atoms with Crippen LogP contribution in [0.5, 0.6) is 0 Å². The van der Waals surface area contributed by atoms with Crippen LogP contribution >= 0.6 is 0 Å². The SMILES string of the molecule is C=CC(=O)C(C[C@@H](C)[C@H]1CC[C@H]2[C@@H]3CCC4CCCC[C@]4(C)[C@H]3CC[C@]12C)C(=O)O. The molecule has 0 amide bonds.